The lowest BCUT2D eigenvalue weighted by Crippen LogP contribution is -2.51. The molecule has 0 bridgehead atoms. The highest BCUT2D eigenvalue weighted by Gasteiger charge is 2.43. The summed E-state index contributed by atoms with van der Waals surface area (Å²) in [5.41, 5.74) is 0.264. The van der Waals surface area contributed by atoms with E-state index in [0.29, 0.717) is 5.75 Å². The van der Waals surface area contributed by atoms with Gasteiger partial charge in [-0.1, -0.05) is 12.1 Å². The van der Waals surface area contributed by atoms with E-state index in [0.717, 1.165) is 4.90 Å². The van der Waals surface area contributed by atoms with E-state index >= 15 is 0 Å². The van der Waals surface area contributed by atoms with Gasteiger partial charge in [-0.15, -0.1) is 13.2 Å². The van der Waals surface area contributed by atoms with E-state index in [1.807, 2.05) is 0 Å². The Labute approximate surface area is 107 Å². The molecule has 7 heteroatoms. The number of alkyl halides is 3. The van der Waals surface area contributed by atoms with Gasteiger partial charge in [0.15, 0.2) is 0 Å². The molecule has 0 N–H and O–H groups in total. The molecular weight excluding hydrogens is 261 g/mol. The highest BCUT2D eigenvalue weighted by Crippen LogP contribution is 2.32. The first-order valence-corrected chi connectivity index (χ1v) is 5.42. The molecule has 0 aliphatic carbocycles. The number of anilines is 1. The summed E-state index contributed by atoms with van der Waals surface area (Å²) in [6.45, 7) is -0.492. The number of hydrogen-bond acceptors (Lipinski definition) is 2. The molecule has 0 unspecified atom stereocenters. The Morgan fingerprint density at radius 3 is 2.58 bits per heavy atom. The number of carbonyl (C=O) groups is 1. The minimum absolute atomic E-state index is 0.167. The number of urea groups is 1. The molecule has 0 fully saturated rings. The van der Waals surface area contributed by atoms with Crippen molar-refractivity contribution in [1.29, 1.82) is 0 Å². The van der Waals surface area contributed by atoms with Crippen molar-refractivity contribution >= 4 is 11.7 Å². The Hall–Kier alpha value is -2.18. The first kappa shape index (κ1) is 13.3. The number of nitrogens with zero attached hydrogens (tertiary/aromatic N) is 2. The van der Waals surface area contributed by atoms with E-state index in [1.54, 1.807) is 18.2 Å². The van der Waals surface area contributed by atoms with Crippen molar-refractivity contribution in [3.8, 4) is 5.75 Å². The van der Waals surface area contributed by atoms with Gasteiger partial charge in [0, 0.05) is 6.20 Å². The van der Waals surface area contributed by atoms with Crippen molar-refractivity contribution in [2.75, 3.05) is 18.6 Å². The highest BCUT2D eigenvalue weighted by molar-refractivity contribution is 5.96. The van der Waals surface area contributed by atoms with Gasteiger partial charge in [0.05, 0.1) is 19.3 Å². The predicted octanol–water partition coefficient (Wildman–Crippen LogP) is 2.97. The lowest BCUT2D eigenvalue weighted by Gasteiger charge is -2.32. The van der Waals surface area contributed by atoms with Gasteiger partial charge in [-0.05, 0) is 18.2 Å². The van der Waals surface area contributed by atoms with Crippen molar-refractivity contribution in [1.82, 2.24) is 4.90 Å². The van der Waals surface area contributed by atoms with Crippen molar-refractivity contribution in [2.45, 2.75) is 6.30 Å². The van der Waals surface area contributed by atoms with Gasteiger partial charge in [-0.2, -0.15) is 0 Å². The first-order chi connectivity index (χ1) is 8.95. The molecule has 0 atom stereocenters. The molecule has 102 valence electrons. The van der Waals surface area contributed by atoms with Crippen molar-refractivity contribution in [3.63, 3.8) is 0 Å². The van der Waals surface area contributed by atoms with E-state index < -0.39 is 18.9 Å². The van der Waals surface area contributed by atoms with Crippen LogP contribution in [0.15, 0.2) is 36.5 Å². The molecule has 0 spiro atoms. The van der Waals surface area contributed by atoms with Crippen LogP contribution in [0.4, 0.5) is 23.7 Å². The molecule has 0 saturated heterocycles. The number of methoxy groups -OCH3 is 1. The van der Waals surface area contributed by atoms with Gasteiger partial charge in [-0.25, -0.2) is 9.69 Å². The van der Waals surface area contributed by atoms with E-state index in [4.69, 9.17) is 4.74 Å². The highest BCUT2D eigenvalue weighted by atomic mass is 19.4. The normalized spacial score (nSPS) is 15.9. The van der Waals surface area contributed by atoms with E-state index in [1.165, 1.54) is 25.5 Å². The third kappa shape index (κ3) is 2.49. The van der Waals surface area contributed by atoms with Crippen molar-refractivity contribution in [2.24, 2.45) is 0 Å². The Balaban J connectivity index is 2.38. The molecule has 2 rings (SSSR count). The summed E-state index contributed by atoms with van der Waals surface area (Å²) in [4.78, 5) is 12.6. The van der Waals surface area contributed by atoms with Gasteiger partial charge in [0.1, 0.15) is 5.75 Å². The Bertz CT molecular complexity index is 514. The van der Waals surface area contributed by atoms with E-state index in [-0.39, 0.29) is 10.6 Å². The standard InChI is InChI=1S/C12H11F3N2O2/c1-19-10-6-3-2-5-9(10)16-7-4-8-17(11(16)18)12(13,14)15/h2-7H,8H2,1H3. The second kappa shape index (κ2) is 4.83. The Morgan fingerprint density at radius 1 is 1.26 bits per heavy atom. The summed E-state index contributed by atoms with van der Waals surface area (Å²) in [6.07, 6.45) is -2.13. The lowest BCUT2D eigenvalue weighted by atomic mass is 10.2. The maximum atomic E-state index is 12.7. The quantitative estimate of drug-likeness (QED) is 0.775. The maximum absolute atomic E-state index is 12.7. The molecule has 1 aliphatic heterocycles. The predicted molar refractivity (Wildman–Crippen MR) is 62.8 cm³/mol. The zero-order valence-corrected chi connectivity index (χ0v) is 10.0. The van der Waals surface area contributed by atoms with Crippen LogP contribution in [-0.2, 0) is 0 Å². The van der Waals surface area contributed by atoms with Gasteiger partial charge in [0.2, 0.25) is 0 Å². The number of rotatable bonds is 2. The molecule has 1 aromatic rings. The number of hydrogen-bond donors (Lipinski definition) is 0. The third-order valence-corrected chi connectivity index (χ3v) is 2.63. The van der Waals surface area contributed by atoms with E-state index in [2.05, 4.69) is 0 Å². The van der Waals surface area contributed by atoms with Crippen LogP contribution < -0.4 is 9.64 Å². The third-order valence-electron chi connectivity index (χ3n) is 2.63. The fourth-order valence-corrected chi connectivity index (χ4v) is 1.75. The second-order valence-electron chi connectivity index (χ2n) is 3.79. The summed E-state index contributed by atoms with van der Waals surface area (Å²) in [7, 11) is 1.39. The van der Waals surface area contributed by atoms with E-state index in [9.17, 15) is 18.0 Å². The summed E-state index contributed by atoms with van der Waals surface area (Å²) < 4.78 is 43.1. The number of ether oxygens (including phenoxy) is 1. The van der Waals surface area contributed by atoms with Crippen LogP contribution in [0.5, 0.6) is 5.75 Å². The fourth-order valence-electron chi connectivity index (χ4n) is 1.75. The molecule has 1 aromatic carbocycles. The molecule has 0 saturated carbocycles. The summed E-state index contributed by atoms with van der Waals surface area (Å²) in [6, 6.07) is 5.22. The number of benzene rings is 1. The first-order valence-electron chi connectivity index (χ1n) is 5.42. The number of carbonyl (C=O) groups excluding carboxylic acids is 1. The van der Waals surface area contributed by atoms with Gasteiger partial charge >= 0.3 is 12.3 Å². The number of amides is 2. The SMILES string of the molecule is COc1ccccc1N1C=CCN(C(F)(F)F)C1=O. The topological polar surface area (TPSA) is 32.8 Å². The van der Waals surface area contributed by atoms with Crippen LogP contribution in [0.1, 0.15) is 0 Å². The largest absolute Gasteiger partial charge is 0.495 e. The van der Waals surface area contributed by atoms with Crippen LogP contribution in [0, 0.1) is 0 Å². The molecule has 1 aliphatic rings. The van der Waals surface area contributed by atoms with Crippen molar-refractivity contribution in [3.05, 3.63) is 36.5 Å². The maximum Gasteiger partial charge on any atom is 0.488 e. The molecule has 0 aromatic heterocycles. The zero-order valence-electron chi connectivity index (χ0n) is 10.0. The van der Waals surface area contributed by atoms with Crippen LogP contribution in [0.25, 0.3) is 0 Å². The lowest BCUT2D eigenvalue weighted by molar-refractivity contribution is -0.220. The van der Waals surface area contributed by atoms with Crippen molar-refractivity contribution < 1.29 is 22.7 Å². The minimum Gasteiger partial charge on any atom is -0.495 e. The number of halogens is 3. The second-order valence-corrected chi connectivity index (χ2v) is 3.79. The molecule has 0 radical (unpaired) electrons. The smallest absolute Gasteiger partial charge is 0.488 e. The Morgan fingerprint density at radius 2 is 1.95 bits per heavy atom. The van der Waals surface area contributed by atoms with Crippen LogP contribution >= 0.6 is 0 Å². The number of para-hydroxylation sites is 2. The average Bonchev–Trinajstić information content (AvgIpc) is 2.37. The molecule has 1 heterocycles. The zero-order chi connectivity index (χ0) is 14.0. The van der Waals surface area contributed by atoms with Crippen LogP contribution in [0.2, 0.25) is 0 Å². The summed E-state index contributed by atoms with van der Waals surface area (Å²) in [5.74, 6) is 0.324. The summed E-state index contributed by atoms with van der Waals surface area (Å²) in [5, 5.41) is 0. The molecule has 19 heavy (non-hydrogen) atoms. The van der Waals surface area contributed by atoms with Crippen LogP contribution in [0.3, 0.4) is 0 Å². The summed E-state index contributed by atoms with van der Waals surface area (Å²) >= 11 is 0. The van der Waals surface area contributed by atoms with Gasteiger partial charge in [0.25, 0.3) is 0 Å². The molecule has 2 amide bonds. The Kier molecular flexibility index (Phi) is 3.37. The monoisotopic (exact) mass is 272 g/mol. The molecular formula is C12H11F3N2O2. The fraction of sp³-hybridized carbons (Fsp3) is 0.250. The van der Waals surface area contributed by atoms with Crippen LogP contribution in [-0.4, -0.2) is 30.9 Å². The van der Waals surface area contributed by atoms with Gasteiger partial charge < -0.3 is 4.74 Å². The average molecular weight is 272 g/mol. The van der Waals surface area contributed by atoms with Gasteiger partial charge in [-0.3, -0.25) is 4.90 Å². The minimum atomic E-state index is -4.71. The molecule has 4 nitrogen and oxygen atoms in total.